The van der Waals surface area contributed by atoms with Gasteiger partial charge >= 0.3 is 0 Å². The molecule has 0 saturated carbocycles. The summed E-state index contributed by atoms with van der Waals surface area (Å²) in [7, 11) is 0. The highest BCUT2D eigenvalue weighted by Crippen LogP contribution is 2.53. The number of carbonyl (C=O) groups excluding carboxylic acids is 2. The molecule has 1 spiro atoms. The molecule has 1 aromatic heterocycles. The number of rotatable bonds is 7. The van der Waals surface area contributed by atoms with Crippen LogP contribution < -0.4 is 10.3 Å². The molecule has 0 aliphatic carbocycles. The van der Waals surface area contributed by atoms with Crippen molar-refractivity contribution in [2.45, 2.75) is 52.3 Å². The number of benzene rings is 3. The third-order valence-corrected chi connectivity index (χ3v) is 8.01. The van der Waals surface area contributed by atoms with Gasteiger partial charge in [0.15, 0.2) is 11.0 Å². The summed E-state index contributed by atoms with van der Waals surface area (Å²) in [6.07, 6.45) is 0.537. The van der Waals surface area contributed by atoms with Crippen molar-refractivity contribution in [3.63, 3.8) is 0 Å². The summed E-state index contributed by atoms with van der Waals surface area (Å²) >= 11 is 0. The molecule has 0 bridgehead atoms. The number of fused-ring (bicyclic) bond motifs is 5. The van der Waals surface area contributed by atoms with E-state index in [2.05, 4.69) is 0 Å². The van der Waals surface area contributed by atoms with Crippen molar-refractivity contribution in [3.05, 3.63) is 111 Å². The first-order valence-electron chi connectivity index (χ1n) is 13.7. The molecule has 4 aromatic rings. The van der Waals surface area contributed by atoms with Gasteiger partial charge in [-0.25, -0.2) is 0 Å². The molecule has 40 heavy (non-hydrogen) atoms. The third-order valence-electron chi connectivity index (χ3n) is 8.01. The van der Waals surface area contributed by atoms with Gasteiger partial charge in [-0.3, -0.25) is 14.4 Å². The van der Waals surface area contributed by atoms with Crippen molar-refractivity contribution in [3.8, 4) is 0 Å². The predicted molar refractivity (Wildman–Crippen MR) is 154 cm³/mol. The molecule has 1 unspecified atom stereocenters. The molecular formula is C33H32N2O5. The van der Waals surface area contributed by atoms with Crippen LogP contribution in [-0.2, 0) is 21.6 Å². The summed E-state index contributed by atoms with van der Waals surface area (Å²) in [4.78, 5) is 46.5. The lowest BCUT2D eigenvalue weighted by atomic mass is 9.83. The number of ether oxygens (including phenoxy) is 1. The maximum atomic E-state index is 14.8. The van der Waals surface area contributed by atoms with E-state index in [4.69, 9.17) is 9.15 Å². The Bertz CT molecular complexity index is 1710. The minimum Gasteiger partial charge on any atom is -0.450 e. The molecule has 2 amide bonds. The van der Waals surface area contributed by atoms with Crippen LogP contribution in [0.2, 0.25) is 0 Å². The van der Waals surface area contributed by atoms with E-state index in [9.17, 15) is 14.4 Å². The highest BCUT2D eigenvalue weighted by molar-refractivity contribution is 6.17. The van der Waals surface area contributed by atoms with Gasteiger partial charge in [-0.2, -0.15) is 0 Å². The van der Waals surface area contributed by atoms with Crippen molar-refractivity contribution in [1.82, 2.24) is 4.90 Å². The van der Waals surface area contributed by atoms with Gasteiger partial charge in [0.25, 0.3) is 11.8 Å². The SMILES string of the molecule is Cc1cc2oc3c(c(=O)c2cc1C)C1(C(=O)N(Cc2ccccc2)c2ccccc21)N(CCCOC(C)C)C3=O. The van der Waals surface area contributed by atoms with Crippen molar-refractivity contribution < 1.29 is 18.7 Å². The second kappa shape index (κ2) is 9.75. The molecule has 204 valence electrons. The van der Waals surface area contributed by atoms with Gasteiger partial charge in [-0.05, 0) is 69.0 Å². The van der Waals surface area contributed by atoms with E-state index in [1.54, 1.807) is 17.0 Å². The standard InChI is InChI=1S/C33H32N2O5/c1-20(2)39-16-10-15-35-31(37)30-28(29(36)24-17-21(3)22(4)18-27(24)40-30)33(35)25-13-8-9-14-26(25)34(32(33)38)19-23-11-6-5-7-12-23/h5-9,11-14,17-18,20H,10,15-16,19H2,1-4H3. The monoisotopic (exact) mass is 536 g/mol. The van der Waals surface area contributed by atoms with E-state index in [0.29, 0.717) is 41.8 Å². The van der Waals surface area contributed by atoms with E-state index in [1.165, 1.54) is 4.90 Å². The fraction of sp³-hybridized carbons (Fsp3) is 0.303. The smallest absolute Gasteiger partial charge is 0.291 e. The lowest BCUT2D eigenvalue weighted by Gasteiger charge is -2.34. The molecule has 0 fully saturated rings. The molecule has 6 rings (SSSR count). The topological polar surface area (TPSA) is 80.1 Å². The fourth-order valence-corrected chi connectivity index (χ4v) is 6.01. The molecule has 0 radical (unpaired) electrons. The van der Waals surface area contributed by atoms with E-state index in [1.807, 2.05) is 82.3 Å². The summed E-state index contributed by atoms with van der Waals surface area (Å²) in [5, 5.41) is 0.366. The molecule has 0 saturated heterocycles. The van der Waals surface area contributed by atoms with Crippen LogP contribution in [0.25, 0.3) is 11.0 Å². The van der Waals surface area contributed by atoms with Crippen LogP contribution in [0.3, 0.4) is 0 Å². The van der Waals surface area contributed by atoms with Crippen LogP contribution in [0.15, 0.2) is 75.9 Å². The van der Waals surface area contributed by atoms with E-state index >= 15 is 0 Å². The van der Waals surface area contributed by atoms with Gasteiger partial charge in [0.2, 0.25) is 5.76 Å². The van der Waals surface area contributed by atoms with Gasteiger partial charge in [0, 0.05) is 18.7 Å². The third kappa shape index (κ3) is 3.79. The van der Waals surface area contributed by atoms with E-state index < -0.39 is 11.4 Å². The first-order valence-corrected chi connectivity index (χ1v) is 13.7. The molecule has 7 heteroatoms. The molecular weight excluding hydrogens is 504 g/mol. The summed E-state index contributed by atoms with van der Waals surface area (Å²) in [6.45, 7) is 8.72. The first-order chi connectivity index (χ1) is 19.2. The number of hydrogen-bond donors (Lipinski definition) is 0. The maximum absolute atomic E-state index is 14.8. The van der Waals surface area contributed by atoms with Crippen molar-refractivity contribution in [2.24, 2.45) is 0 Å². The molecule has 3 aromatic carbocycles. The van der Waals surface area contributed by atoms with E-state index in [0.717, 1.165) is 16.7 Å². The Morgan fingerprint density at radius 1 is 0.925 bits per heavy atom. The minimum absolute atomic E-state index is 0.0377. The number of aryl methyl sites for hydroxylation is 2. The van der Waals surface area contributed by atoms with Crippen LogP contribution in [0.5, 0.6) is 0 Å². The number of para-hydroxylation sites is 1. The predicted octanol–water partition coefficient (Wildman–Crippen LogP) is 5.47. The second-order valence-corrected chi connectivity index (χ2v) is 10.9. The second-order valence-electron chi connectivity index (χ2n) is 10.9. The fourth-order valence-electron chi connectivity index (χ4n) is 6.01. The molecule has 2 aliphatic rings. The molecule has 3 heterocycles. The van der Waals surface area contributed by atoms with Crippen molar-refractivity contribution in [2.75, 3.05) is 18.1 Å². The van der Waals surface area contributed by atoms with Crippen molar-refractivity contribution in [1.29, 1.82) is 0 Å². The number of amides is 2. The maximum Gasteiger partial charge on any atom is 0.291 e. The molecule has 2 aliphatic heterocycles. The number of carbonyl (C=O) groups is 2. The zero-order chi connectivity index (χ0) is 28.2. The molecule has 0 N–H and O–H groups in total. The number of hydrogen-bond acceptors (Lipinski definition) is 5. The Hall–Kier alpha value is -4.23. The Kier molecular flexibility index (Phi) is 6.34. The lowest BCUT2D eigenvalue weighted by molar-refractivity contribution is -0.126. The summed E-state index contributed by atoms with van der Waals surface area (Å²) in [5.41, 5.74) is 2.61. The number of anilines is 1. The summed E-state index contributed by atoms with van der Waals surface area (Å²) in [6, 6.07) is 20.7. The van der Waals surface area contributed by atoms with E-state index in [-0.39, 0.29) is 35.3 Å². The molecule has 1 atom stereocenters. The van der Waals surface area contributed by atoms with Gasteiger partial charge in [0.05, 0.1) is 29.3 Å². The Labute approximate surface area is 233 Å². The Morgan fingerprint density at radius 3 is 2.38 bits per heavy atom. The van der Waals surface area contributed by atoms with Crippen molar-refractivity contribution >= 4 is 28.5 Å². The molecule has 7 nitrogen and oxygen atoms in total. The highest BCUT2D eigenvalue weighted by Gasteiger charge is 2.64. The lowest BCUT2D eigenvalue weighted by Crippen LogP contribution is -2.53. The average Bonchev–Trinajstić information content (AvgIpc) is 3.33. The van der Waals surface area contributed by atoms with Crippen LogP contribution >= 0.6 is 0 Å². The zero-order valence-corrected chi connectivity index (χ0v) is 23.2. The largest absolute Gasteiger partial charge is 0.450 e. The van der Waals surface area contributed by atoms with Crippen LogP contribution in [0.1, 0.15) is 58.6 Å². The first kappa shape index (κ1) is 26.0. The highest BCUT2D eigenvalue weighted by atomic mass is 16.5. The Morgan fingerprint density at radius 2 is 1.62 bits per heavy atom. The van der Waals surface area contributed by atoms with Crippen LogP contribution in [-0.4, -0.2) is 36.0 Å². The summed E-state index contributed by atoms with van der Waals surface area (Å²) in [5.74, 6) is -0.846. The van der Waals surface area contributed by atoms with Gasteiger partial charge in [-0.1, -0.05) is 48.5 Å². The number of nitrogens with zero attached hydrogens (tertiary/aromatic N) is 2. The normalized spacial score (nSPS) is 17.9. The van der Waals surface area contributed by atoms with Gasteiger partial charge in [-0.15, -0.1) is 0 Å². The average molecular weight is 537 g/mol. The van der Waals surface area contributed by atoms with Gasteiger partial charge < -0.3 is 19.0 Å². The quantitative estimate of drug-likeness (QED) is 0.293. The Balaban J connectivity index is 1.59. The van der Waals surface area contributed by atoms with Gasteiger partial charge in [0.1, 0.15) is 5.58 Å². The minimum atomic E-state index is -1.62. The zero-order valence-electron chi connectivity index (χ0n) is 23.2. The van der Waals surface area contributed by atoms with Crippen LogP contribution in [0.4, 0.5) is 5.69 Å². The summed E-state index contributed by atoms with van der Waals surface area (Å²) < 4.78 is 12.0. The van der Waals surface area contributed by atoms with Crippen LogP contribution in [0, 0.1) is 13.8 Å².